The van der Waals surface area contributed by atoms with Gasteiger partial charge in [-0.1, -0.05) is 68.2 Å². The molecular formula is C41H44IrN4OSi-2. The standard InChI is InChI=1S/C23H20N3O.C18H24NSi.Ir/c1-13(2)26-20-11-6-5-10-19(20)25-23(26)17-9-7-8-16-18-12-14(3)24-15(4)21(18)27-22(16)17;1-14(2)11-16-12-17(15-9-7-6-8-10-15)19-13-18(16)20(3,4)5;/h5-8,10-13H,1-4H3;6-9,12-14H,11H2,1-5H3;/q2*-1;. The fourth-order valence-corrected chi connectivity index (χ4v) is 8.03. The predicted octanol–water partition coefficient (Wildman–Crippen LogP) is 10.3. The SMILES string of the molecule is CC(C)Cc1cc(-c2[c-]cccc2)ncc1[Si](C)(C)C.Cc1cc2c(oc3c(-c4nc5ccccc5n4C(C)C)[c-]ccc32)c(C)n1.[Ir]. The second-order valence-electron chi connectivity index (χ2n) is 14.2. The van der Waals surface area contributed by atoms with Crippen molar-refractivity contribution in [3.63, 3.8) is 0 Å². The van der Waals surface area contributed by atoms with Crippen LogP contribution in [0.5, 0.6) is 0 Å². The first kappa shape index (κ1) is 35.4. The number of rotatable bonds is 6. The van der Waals surface area contributed by atoms with E-state index in [-0.39, 0.29) is 26.1 Å². The van der Waals surface area contributed by atoms with Gasteiger partial charge in [0.2, 0.25) is 0 Å². The van der Waals surface area contributed by atoms with E-state index in [1.807, 2.05) is 50.2 Å². The van der Waals surface area contributed by atoms with Crippen LogP contribution in [0, 0.1) is 31.9 Å². The summed E-state index contributed by atoms with van der Waals surface area (Å²) in [4.78, 5) is 14.2. The van der Waals surface area contributed by atoms with Gasteiger partial charge in [0.05, 0.1) is 36.2 Å². The largest absolute Gasteiger partial charge is 0.499 e. The molecule has 0 aliphatic heterocycles. The molecule has 0 atom stereocenters. The molecule has 7 heteroatoms. The van der Waals surface area contributed by atoms with Crippen molar-refractivity contribution in [2.24, 2.45) is 5.92 Å². The van der Waals surface area contributed by atoms with E-state index in [1.165, 1.54) is 10.8 Å². The van der Waals surface area contributed by atoms with Crippen LogP contribution in [-0.4, -0.2) is 27.6 Å². The van der Waals surface area contributed by atoms with Gasteiger partial charge in [0.25, 0.3) is 0 Å². The maximum absolute atomic E-state index is 6.31. The molecule has 48 heavy (non-hydrogen) atoms. The zero-order valence-electron chi connectivity index (χ0n) is 29.4. The number of aryl methyl sites for hydroxylation is 2. The van der Waals surface area contributed by atoms with Crippen LogP contribution < -0.4 is 5.19 Å². The van der Waals surface area contributed by atoms with Gasteiger partial charge < -0.3 is 14.0 Å². The van der Waals surface area contributed by atoms with Crippen LogP contribution in [0.2, 0.25) is 19.6 Å². The number of benzene rings is 3. The maximum atomic E-state index is 6.31. The van der Waals surface area contributed by atoms with Crippen LogP contribution in [-0.2, 0) is 26.5 Å². The number of aromatic nitrogens is 4. The van der Waals surface area contributed by atoms with E-state index in [1.54, 1.807) is 0 Å². The summed E-state index contributed by atoms with van der Waals surface area (Å²) < 4.78 is 8.56. The van der Waals surface area contributed by atoms with Crippen molar-refractivity contribution in [2.75, 3.05) is 0 Å². The predicted molar refractivity (Wildman–Crippen MR) is 199 cm³/mol. The molecule has 0 aliphatic carbocycles. The summed E-state index contributed by atoms with van der Waals surface area (Å²) in [5.41, 5.74) is 10.2. The van der Waals surface area contributed by atoms with Crippen LogP contribution in [0.25, 0.3) is 55.6 Å². The van der Waals surface area contributed by atoms with Gasteiger partial charge in [-0.25, -0.2) is 0 Å². The Bertz CT molecular complexity index is 2190. The van der Waals surface area contributed by atoms with Crippen LogP contribution in [0.15, 0.2) is 83.4 Å². The van der Waals surface area contributed by atoms with Gasteiger partial charge in [0.1, 0.15) is 5.58 Å². The van der Waals surface area contributed by atoms with Crippen LogP contribution in [0.1, 0.15) is 50.7 Å². The minimum atomic E-state index is -1.34. The molecule has 4 heterocycles. The van der Waals surface area contributed by atoms with Crippen molar-refractivity contribution < 1.29 is 24.5 Å². The molecule has 0 bridgehead atoms. The Morgan fingerprint density at radius 3 is 2.27 bits per heavy atom. The molecular weight excluding hydrogens is 785 g/mol. The number of nitrogens with zero attached hydrogens (tertiary/aromatic N) is 4. The fourth-order valence-electron chi connectivity index (χ4n) is 6.44. The summed E-state index contributed by atoms with van der Waals surface area (Å²) in [7, 11) is -1.34. The van der Waals surface area contributed by atoms with E-state index in [0.717, 1.165) is 73.4 Å². The molecule has 249 valence electrons. The second-order valence-corrected chi connectivity index (χ2v) is 19.2. The zero-order valence-corrected chi connectivity index (χ0v) is 32.8. The molecule has 0 unspecified atom stereocenters. The van der Waals surface area contributed by atoms with Gasteiger partial charge in [-0.15, -0.1) is 54.1 Å². The summed E-state index contributed by atoms with van der Waals surface area (Å²) >= 11 is 0. The van der Waals surface area contributed by atoms with Crippen LogP contribution in [0.3, 0.4) is 0 Å². The number of pyridine rings is 2. The van der Waals surface area contributed by atoms with Gasteiger partial charge >= 0.3 is 0 Å². The molecule has 0 saturated carbocycles. The number of imidazole rings is 1. The smallest absolute Gasteiger partial charge is 0.142 e. The summed E-state index contributed by atoms with van der Waals surface area (Å²) in [5, 5.41) is 3.66. The maximum Gasteiger partial charge on any atom is 0.142 e. The topological polar surface area (TPSA) is 56.7 Å². The Morgan fingerprint density at radius 1 is 0.833 bits per heavy atom. The third-order valence-corrected chi connectivity index (χ3v) is 10.5. The first-order valence-electron chi connectivity index (χ1n) is 16.6. The number of hydrogen-bond acceptors (Lipinski definition) is 4. The third kappa shape index (κ3) is 7.10. The van der Waals surface area contributed by atoms with E-state index in [4.69, 9.17) is 9.40 Å². The van der Waals surface area contributed by atoms with Crippen molar-refractivity contribution in [3.05, 3.63) is 108 Å². The molecule has 7 aromatic rings. The molecule has 0 fully saturated rings. The van der Waals surface area contributed by atoms with Gasteiger partial charge in [-0.2, -0.15) is 0 Å². The van der Waals surface area contributed by atoms with Crippen LogP contribution in [0.4, 0.5) is 0 Å². The van der Waals surface area contributed by atoms with Gasteiger partial charge in [-0.05, 0) is 69.1 Å². The number of fused-ring (bicyclic) bond motifs is 4. The normalized spacial score (nSPS) is 11.7. The average Bonchev–Trinajstić information content (AvgIpc) is 3.60. The fraction of sp³-hybridized carbons (Fsp3) is 0.293. The Morgan fingerprint density at radius 2 is 1.58 bits per heavy atom. The van der Waals surface area contributed by atoms with Crippen molar-refractivity contribution in [2.45, 2.75) is 73.6 Å². The summed E-state index contributed by atoms with van der Waals surface area (Å²) in [6.45, 7) is 20.1. The number of para-hydroxylation sites is 2. The van der Waals surface area contributed by atoms with Crippen LogP contribution >= 0.6 is 0 Å². The summed E-state index contributed by atoms with van der Waals surface area (Å²) in [6, 6.07) is 31.6. The number of furan rings is 1. The molecule has 0 amide bonds. The molecule has 1 radical (unpaired) electrons. The van der Waals surface area contributed by atoms with Gasteiger partial charge in [0.15, 0.2) is 0 Å². The first-order chi connectivity index (χ1) is 22.4. The molecule has 0 saturated heterocycles. The molecule has 5 nitrogen and oxygen atoms in total. The minimum absolute atomic E-state index is 0. The summed E-state index contributed by atoms with van der Waals surface area (Å²) in [6.07, 6.45) is 3.24. The van der Waals surface area contributed by atoms with Crippen molar-refractivity contribution in [1.29, 1.82) is 0 Å². The molecule has 4 aromatic heterocycles. The summed E-state index contributed by atoms with van der Waals surface area (Å²) in [5.74, 6) is 1.55. The second kappa shape index (κ2) is 14.3. The average molecular weight is 829 g/mol. The van der Waals surface area contributed by atoms with E-state index in [0.29, 0.717) is 5.92 Å². The molecule has 7 rings (SSSR count). The van der Waals surface area contributed by atoms with E-state index in [9.17, 15) is 0 Å². The minimum Gasteiger partial charge on any atom is -0.499 e. The third-order valence-electron chi connectivity index (χ3n) is 8.46. The van der Waals surface area contributed by atoms with E-state index < -0.39 is 8.07 Å². The quantitative estimate of drug-likeness (QED) is 0.124. The Kier molecular flexibility index (Phi) is 10.5. The van der Waals surface area contributed by atoms with Crippen molar-refractivity contribution in [3.8, 4) is 22.6 Å². The monoisotopic (exact) mass is 829 g/mol. The zero-order chi connectivity index (χ0) is 33.5. The molecule has 0 aliphatic rings. The van der Waals surface area contributed by atoms with Gasteiger partial charge in [-0.3, -0.25) is 9.97 Å². The Balaban J connectivity index is 0.000000193. The Labute approximate surface area is 299 Å². The van der Waals surface area contributed by atoms with Gasteiger partial charge in [0, 0.05) is 43.4 Å². The van der Waals surface area contributed by atoms with E-state index in [2.05, 4.69) is 117 Å². The van der Waals surface area contributed by atoms with Crippen molar-refractivity contribution in [1.82, 2.24) is 19.5 Å². The van der Waals surface area contributed by atoms with Crippen molar-refractivity contribution >= 4 is 46.2 Å². The molecule has 0 N–H and O–H groups in total. The number of hydrogen-bond donors (Lipinski definition) is 0. The van der Waals surface area contributed by atoms with E-state index >= 15 is 0 Å². The molecule has 0 spiro atoms. The molecule has 3 aromatic carbocycles. The first-order valence-corrected chi connectivity index (χ1v) is 20.1. The Hall–Kier alpha value is -3.90.